The molecule has 2 heterocycles. The van der Waals surface area contributed by atoms with Gasteiger partial charge in [0.05, 0.1) is 11.4 Å². The molecule has 0 saturated carbocycles. The van der Waals surface area contributed by atoms with Crippen LogP contribution >= 0.6 is 11.8 Å². The number of nitrogens with one attached hydrogen (secondary N) is 1. The van der Waals surface area contributed by atoms with Crippen molar-refractivity contribution in [3.8, 4) is 0 Å². The molecule has 3 atom stereocenters. The Morgan fingerprint density at radius 2 is 2.43 bits per heavy atom. The molecule has 1 aliphatic heterocycles. The van der Waals surface area contributed by atoms with Gasteiger partial charge in [-0.3, -0.25) is 15.1 Å². The zero-order valence-electron chi connectivity index (χ0n) is 11.8. The molecule has 0 aliphatic carbocycles. The first-order valence-corrected chi connectivity index (χ1v) is 7.94. The summed E-state index contributed by atoms with van der Waals surface area (Å²) < 4.78 is 0. The van der Waals surface area contributed by atoms with Gasteiger partial charge in [-0.15, -0.1) is 11.8 Å². The Morgan fingerprint density at radius 3 is 3.05 bits per heavy atom. The highest BCUT2D eigenvalue weighted by atomic mass is 32.2. The fraction of sp³-hybridized carbons (Fsp3) is 0.500. The van der Waals surface area contributed by atoms with Crippen molar-refractivity contribution in [1.82, 2.24) is 10.3 Å². The largest absolute Gasteiger partial charge is 0.373 e. The third kappa shape index (κ3) is 3.81. The number of carbonyl (C=O) groups excluding carboxylic acids is 2. The van der Waals surface area contributed by atoms with Crippen molar-refractivity contribution in [2.75, 3.05) is 5.75 Å². The SMILES string of the molecule is CCCC(C(=O)ON)C(=O)C1CSC(c2cccnc2)N1. The number of aromatic nitrogens is 1. The summed E-state index contributed by atoms with van der Waals surface area (Å²) >= 11 is 1.63. The lowest BCUT2D eigenvalue weighted by Gasteiger charge is -2.17. The second kappa shape index (κ2) is 7.53. The highest BCUT2D eigenvalue weighted by molar-refractivity contribution is 7.99. The third-order valence-electron chi connectivity index (χ3n) is 3.43. The zero-order valence-corrected chi connectivity index (χ0v) is 12.6. The van der Waals surface area contributed by atoms with Crippen molar-refractivity contribution in [3.05, 3.63) is 30.1 Å². The molecule has 2 rings (SSSR count). The summed E-state index contributed by atoms with van der Waals surface area (Å²) in [7, 11) is 0. The fourth-order valence-corrected chi connectivity index (χ4v) is 3.59. The van der Waals surface area contributed by atoms with Crippen LogP contribution in [0.15, 0.2) is 24.5 Å². The van der Waals surface area contributed by atoms with E-state index in [4.69, 9.17) is 5.90 Å². The number of hydrogen-bond donors (Lipinski definition) is 2. The molecule has 0 spiro atoms. The number of nitrogens with two attached hydrogens (primary N) is 1. The third-order valence-corrected chi connectivity index (χ3v) is 4.70. The molecule has 1 fully saturated rings. The van der Waals surface area contributed by atoms with Crippen molar-refractivity contribution >= 4 is 23.5 Å². The van der Waals surface area contributed by atoms with Gasteiger partial charge in [0.25, 0.3) is 0 Å². The van der Waals surface area contributed by atoms with E-state index >= 15 is 0 Å². The van der Waals surface area contributed by atoms with Crippen LogP contribution in [0.5, 0.6) is 0 Å². The van der Waals surface area contributed by atoms with Crippen molar-refractivity contribution in [3.63, 3.8) is 0 Å². The number of carbonyl (C=O) groups is 2. The van der Waals surface area contributed by atoms with Crippen LogP contribution in [0.1, 0.15) is 30.7 Å². The van der Waals surface area contributed by atoms with Crippen LogP contribution in [0, 0.1) is 5.92 Å². The maximum absolute atomic E-state index is 12.5. The first-order valence-electron chi connectivity index (χ1n) is 6.89. The number of pyridine rings is 1. The molecule has 114 valence electrons. The highest BCUT2D eigenvalue weighted by Gasteiger charge is 2.37. The summed E-state index contributed by atoms with van der Waals surface area (Å²) in [6, 6.07) is 3.46. The summed E-state index contributed by atoms with van der Waals surface area (Å²) in [6.07, 6.45) is 4.65. The molecule has 7 heteroatoms. The van der Waals surface area contributed by atoms with E-state index in [0.717, 1.165) is 12.0 Å². The van der Waals surface area contributed by atoms with E-state index < -0.39 is 11.9 Å². The fourth-order valence-electron chi connectivity index (χ4n) is 2.35. The molecule has 0 amide bonds. The first kappa shape index (κ1) is 15.9. The van der Waals surface area contributed by atoms with Gasteiger partial charge in [0.15, 0.2) is 5.78 Å². The molecule has 0 aromatic carbocycles. The number of rotatable bonds is 6. The number of thioether (sulfide) groups is 1. The maximum atomic E-state index is 12.5. The van der Waals surface area contributed by atoms with Crippen molar-refractivity contribution in [2.45, 2.75) is 31.2 Å². The van der Waals surface area contributed by atoms with Gasteiger partial charge in [-0.25, -0.2) is 4.79 Å². The minimum absolute atomic E-state index is 0.0174. The Kier molecular flexibility index (Phi) is 5.72. The lowest BCUT2D eigenvalue weighted by molar-refractivity contribution is -0.153. The topological polar surface area (TPSA) is 94.3 Å². The van der Waals surface area contributed by atoms with Gasteiger partial charge in [0.2, 0.25) is 0 Å². The van der Waals surface area contributed by atoms with Gasteiger partial charge in [0, 0.05) is 18.1 Å². The Hall–Kier alpha value is -1.44. The van der Waals surface area contributed by atoms with Gasteiger partial charge in [-0.1, -0.05) is 19.4 Å². The van der Waals surface area contributed by atoms with E-state index in [-0.39, 0.29) is 17.2 Å². The minimum atomic E-state index is -0.786. The molecule has 21 heavy (non-hydrogen) atoms. The van der Waals surface area contributed by atoms with Crippen molar-refractivity contribution in [2.24, 2.45) is 11.8 Å². The zero-order chi connectivity index (χ0) is 15.2. The molecule has 1 aliphatic rings. The van der Waals surface area contributed by atoms with Crippen LogP contribution in [-0.2, 0) is 14.4 Å². The van der Waals surface area contributed by atoms with E-state index in [1.165, 1.54) is 0 Å². The van der Waals surface area contributed by atoms with Crippen molar-refractivity contribution < 1.29 is 14.4 Å². The summed E-state index contributed by atoms with van der Waals surface area (Å²) in [4.78, 5) is 32.4. The monoisotopic (exact) mass is 309 g/mol. The van der Waals surface area contributed by atoms with Crippen LogP contribution < -0.4 is 11.2 Å². The van der Waals surface area contributed by atoms with Crippen LogP contribution in [0.4, 0.5) is 0 Å². The Labute approximate surface area is 127 Å². The van der Waals surface area contributed by atoms with Crippen LogP contribution in [-0.4, -0.2) is 28.5 Å². The molecule has 1 aromatic heterocycles. The number of hydrogen-bond acceptors (Lipinski definition) is 7. The minimum Gasteiger partial charge on any atom is -0.373 e. The van der Waals surface area contributed by atoms with E-state index in [2.05, 4.69) is 15.1 Å². The second-order valence-corrected chi connectivity index (χ2v) is 6.04. The summed E-state index contributed by atoms with van der Waals surface area (Å²) in [6.45, 7) is 1.92. The van der Waals surface area contributed by atoms with Crippen LogP contribution in [0.3, 0.4) is 0 Å². The first-order chi connectivity index (χ1) is 10.2. The Morgan fingerprint density at radius 1 is 1.62 bits per heavy atom. The maximum Gasteiger partial charge on any atom is 0.334 e. The van der Waals surface area contributed by atoms with E-state index in [1.807, 2.05) is 19.1 Å². The van der Waals surface area contributed by atoms with Gasteiger partial charge in [-0.2, -0.15) is 5.90 Å². The van der Waals surface area contributed by atoms with Gasteiger partial charge < -0.3 is 4.84 Å². The standard InChI is InChI=1S/C14H19N3O3S/c1-2-4-10(14(19)20-15)12(18)11-8-21-13(17-11)9-5-3-6-16-7-9/h3,5-7,10-11,13,17H,2,4,8,15H2,1H3. The summed E-state index contributed by atoms with van der Waals surface area (Å²) in [5.41, 5.74) is 1.02. The van der Waals surface area contributed by atoms with E-state index in [1.54, 1.807) is 24.2 Å². The number of Topliss-reactive ketones (excluding diaryl/α,β-unsaturated/α-hetero) is 1. The number of nitrogens with zero attached hydrogens (tertiary/aromatic N) is 1. The lowest BCUT2D eigenvalue weighted by Crippen LogP contribution is -2.42. The molecule has 1 aromatic rings. The lowest BCUT2D eigenvalue weighted by atomic mass is 9.94. The average Bonchev–Trinajstić information content (AvgIpc) is 3.02. The molecule has 3 unspecified atom stereocenters. The normalized spacial score (nSPS) is 22.8. The highest BCUT2D eigenvalue weighted by Crippen LogP contribution is 2.33. The van der Waals surface area contributed by atoms with Gasteiger partial charge in [0.1, 0.15) is 5.92 Å². The number of ketones is 1. The molecular formula is C14H19N3O3S. The van der Waals surface area contributed by atoms with E-state index in [0.29, 0.717) is 12.2 Å². The second-order valence-electron chi connectivity index (χ2n) is 4.90. The van der Waals surface area contributed by atoms with E-state index in [9.17, 15) is 9.59 Å². The predicted molar refractivity (Wildman–Crippen MR) is 80.0 cm³/mol. The van der Waals surface area contributed by atoms with Gasteiger partial charge >= 0.3 is 5.97 Å². The van der Waals surface area contributed by atoms with Crippen molar-refractivity contribution in [1.29, 1.82) is 0 Å². The molecule has 0 radical (unpaired) electrons. The smallest absolute Gasteiger partial charge is 0.334 e. The predicted octanol–water partition coefficient (Wildman–Crippen LogP) is 1.19. The van der Waals surface area contributed by atoms with Crippen LogP contribution in [0.2, 0.25) is 0 Å². The molecule has 0 bridgehead atoms. The molecule has 6 nitrogen and oxygen atoms in total. The Balaban J connectivity index is 2.02. The molecule has 3 N–H and O–H groups in total. The average molecular weight is 309 g/mol. The Bertz CT molecular complexity index is 497. The summed E-state index contributed by atoms with van der Waals surface area (Å²) in [5.74, 6) is 3.96. The summed E-state index contributed by atoms with van der Waals surface area (Å²) in [5, 5.41) is 3.27. The molecule has 1 saturated heterocycles. The van der Waals surface area contributed by atoms with Crippen LogP contribution in [0.25, 0.3) is 0 Å². The van der Waals surface area contributed by atoms with Gasteiger partial charge in [-0.05, 0) is 18.1 Å². The quantitative estimate of drug-likeness (QED) is 0.602. The molecular weight excluding hydrogens is 290 g/mol.